The lowest BCUT2D eigenvalue weighted by Crippen LogP contribution is -2.21. The van der Waals surface area contributed by atoms with Gasteiger partial charge in [0, 0.05) is 44.1 Å². The van der Waals surface area contributed by atoms with Crippen LogP contribution in [0.1, 0.15) is 19.3 Å². The Kier molecular flexibility index (Phi) is 9.82. The van der Waals surface area contributed by atoms with Gasteiger partial charge >= 0.3 is 5.97 Å². The molecule has 0 spiro atoms. The van der Waals surface area contributed by atoms with Crippen LogP contribution < -0.4 is 10.6 Å². The van der Waals surface area contributed by atoms with Crippen molar-refractivity contribution < 1.29 is 19.1 Å². The number of ether oxygens (including phenoxy) is 1. The SMILES string of the molecule is O=C(CCCC(=O)OCC(=O)Nc1ccc(Cl)cc1)Nc1ccc(Sc2ccc(Cl)cc2)cc1. The fourth-order valence-electron chi connectivity index (χ4n) is 2.81. The summed E-state index contributed by atoms with van der Waals surface area (Å²) in [4.78, 5) is 37.9. The number of esters is 1. The number of hydrogen-bond donors (Lipinski definition) is 2. The number of carbonyl (C=O) groups is 3. The molecule has 0 aliphatic carbocycles. The highest BCUT2D eigenvalue weighted by Gasteiger charge is 2.10. The minimum Gasteiger partial charge on any atom is -0.456 e. The van der Waals surface area contributed by atoms with E-state index in [0.29, 0.717) is 27.8 Å². The van der Waals surface area contributed by atoms with E-state index in [1.807, 2.05) is 48.5 Å². The predicted molar refractivity (Wildman–Crippen MR) is 136 cm³/mol. The number of benzene rings is 3. The van der Waals surface area contributed by atoms with Gasteiger partial charge in [0.2, 0.25) is 5.91 Å². The van der Waals surface area contributed by atoms with E-state index in [-0.39, 0.29) is 18.7 Å². The zero-order valence-corrected chi connectivity index (χ0v) is 20.4. The van der Waals surface area contributed by atoms with Gasteiger partial charge in [0.15, 0.2) is 6.61 Å². The molecule has 0 fully saturated rings. The van der Waals surface area contributed by atoms with Gasteiger partial charge in [0.05, 0.1) is 0 Å². The number of carbonyl (C=O) groups excluding carboxylic acids is 3. The van der Waals surface area contributed by atoms with Crippen molar-refractivity contribution in [2.24, 2.45) is 0 Å². The summed E-state index contributed by atoms with van der Waals surface area (Å²) in [5.41, 5.74) is 1.23. The van der Waals surface area contributed by atoms with Gasteiger partial charge in [-0.15, -0.1) is 0 Å². The van der Waals surface area contributed by atoms with E-state index in [1.165, 1.54) is 0 Å². The highest BCUT2D eigenvalue weighted by Crippen LogP contribution is 2.29. The van der Waals surface area contributed by atoms with Gasteiger partial charge < -0.3 is 15.4 Å². The summed E-state index contributed by atoms with van der Waals surface area (Å²) in [6, 6.07) is 21.6. The average Bonchev–Trinajstić information content (AvgIpc) is 2.82. The van der Waals surface area contributed by atoms with Gasteiger partial charge in [-0.1, -0.05) is 35.0 Å². The number of amides is 2. The maximum Gasteiger partial charge on any atom is 0.306 e. The van der Waals surface area contributed by atoms with Gasteiger partial charge in [-0.05, 0) is 79.2 Å². The summed E-state index contributed by atoms with van der Waals surface area (Å²) in [7, 11) is 0. The van der Waals surface area contributed by atoms with Crippen LogP contribution >= 0.6 is 35.0 Å². The van der Waals surface area contributed by atoms with Crippen LogP contribution in [-0.2, 0) is 19.1 Å². The summed E-state index contributed by atoms with van der Waals surface area (Å²) in [6.45, 7) is -0.395. The zero-order chi connectivity index (χ0) is 24.3. The van der Waals surface area contributed by atoms with Crippen LogP contribution in [0.2, 0.25) is 10.0 Å². The number of anilines is 2. The molecule has 3 rings (SSSR count). The first-order valence-electron chi connectivity index (χ1n) is 10.4. The van der Waals surface area contributed by atoms with Crippen molar-refractivity contribution in [1.82, 2.24) is 0 Å². The van der Waals surface area contributed by atoms with Crippen molar-refractivity contribution >= 4 is 64.1 Å². The largest absolute Gasteiger partial charge is 0.456 e. The third-order valence-electron chi connectivity index (χ3n) is 4.46. The molecule has 9 heteroatoms. The Bertz CT molecular complexity index is 1120. The van der Waals surface area contributed by atoms with Gasteiger partial charge in [-0.3, -0.25) is 14.4 Å². The Hall–Kier alpha value is -3.00. The molecule has 176 valence electrons. The molecule has 34 heavy (non-hydrogen) atoms. The molecule has 0 radical (unpaired) electrons. The quantitative estimate of drug-likeness (QED) is 0.303. The molecule has 6 nitrogen and oxygen atoms in total. The summed E-state index contributed by atoms with van der Waals surface area (Å²) < 4.78 is 4.95. The van der Waals surface area contributed by atoms with Crippen LogP contribution in [0.5, 0.6) is 0 Å². The maximum absolute atomic E-state index is 12.1. The van der Waals surface area contributed by atoms with Gasteiger partial charge in [0.25, 0.3) is 5.91 Å². The fourth-order valence-corrected chi connectivity index (χ4v) is 3.88. The van der Waals surface area contributed by atoms with E-state index in [0.717, 1.165) is 9.79 Å². The standard InChI is InChI=1S/C25H22Cl2N2O4S/c26-17-4-8-19(9-5-17)29-24(31)16-33-25(32)3-1-2-23(30)28-20-10-14-22(15-11-20)34-21-12-6-18(27)7-13-21/h4-15H,1-3,16H2,(H,28,30)(H,29,31). The number of hydrogen-bond acceptors (Lipinski definition) is 5. The van der Waals surface area contributed by atoms with Crippen molar-refractivity contribution in [3.8, 4) is 0 Å². The summed E-state index contributed by atoms with van der Waals surface area (Å²) >= 11 is 13.3. The smallest absolute Gasteiger partial charge is 0.306 e. The summed E-state index contributed by atoms with van der Waals surface area (Å²) in [5.74, 6) is -1.19. The molecule has 0 heterocycles. The van der Waals surface area contributed by atoms with E-state index in [2.05, 4.69) is 10.6 Å². The number of rotatable bonds is 10. The molecule has 2 N–H and O–H groups in total. The summed E-state index contributed by atoms with van der Waals surface area (Å²) in [6.07, 6.45) is 0.514. The molecule has 2 amide bonds. The third kappa shape index (κ3) is 9.09. The normalized spacial score (nSPS) is 10.4. The molecule has 3 aromatic carbocycles. The van der Waals surface area contributed by atoms with Crippen LogP contribution in [0.3, 0.4) is 0 Å². The van der Waals surface area contributed by atoms with Crippen LogP contribution in [-0.4, -0.2) is 24.4 Å². The Balaban J connectivity index is 1.32. The molecule has 0 aliphatic heterocycles. The van der Waals surface area contributed by atoms with Crippen molar-refractivity contribution in [2.45, 2.75) is 29.1 Å². The Morgan fingerprint density at radius 3 is 1.74 bits per heavy atom. The Morgan fingerprint density at radius 1 is 0.676 bits per heavy atom. The summed E-state index contributed by atoms with van der Waals surface area (Å²) in [5, 5.41) is 6.65. The molecule has 0 aromatic heterocycles. The molecule has 0 saturated heterocycles. The topological polar surface area (TPSA) is 84.5 Å². The van der Waals surface area contributed by atoms with Crippen molar-refractivity contribution in [1.29, 1.82) is 0 Å². The molecule has 0 aliphatic rings. The molecular weight excluding hydrogens is 495 g/mol. The molecular formula is C25H22Cl2N2O4S. The predicted octanol–water partition coefficient (Wildman–Crippen LogP) is 6.44. The molecule has 0 atom stereocenters. The van der Waals surface area contributed by atoms with E-state index in [4.69, 9.17) is 27.9 Å². The second-order valence-electron chi connectivity index (χ2n) is 7.20. The second kappa shape index (κ2) is 13.0. The lowest BCUT2D eigenvalue weighted by atomic mass is 10.2. The van der Waals surface area contributed by atoms with Crippen molar-refractivity contribution in [3.63, 3.8) is 0 Å². The van der Waals surface area contributed by atoms with Crippen molar-refractivity contribution in [3.05, 3.63) is 82.8 Å². The lowest BCUT2D eigenvalue weighted by Gasteiger charge is -2.08. The van der Waals surface area contributed by atoms with Crippen LogP contribution in [0, 0.1) is 0 Å². The van der Waals surface area contributed by atoms with E-state index >= 15 is 0 Å². The third-order valence-corrected chi connectivity index (χ3v) is 5.98. The van der Waals surface area contributed by atoms with Crippen LogP contribution in [0.25, 0.3) is 0 Å². The van der Waals surface area contributed by atoms with E-state index < -0.39 is 18.5 Å². The molecule has 0 unspecified atom stereocenters. The minimum absolute atomic E-state index is 0.0400. The van der Waals surface area contributed by atoms with Gasteiger partial charge in [-0.2, -0.15) is 0 Å². The molecule has 0 bridgehead atoms. The number of nitrogens with one attached hydrogen (secondary N) is 2. The molecule has 3 aromatic rings. The molecule has 0 saturated carbocycles. The van der Waals surface area contributed by atoms with Gasteiger partial charge in [-0.25, -0.2) is 0 Å². The average molecular weight is 517 g/mol. The van der Waals surface area contributed by atoms with Crippen LogP contribution in [0.15, 0.2) is 82.6 Å². The number of halogens is 2. The van der Waals surface area contributed by atoms with Crippen molar-refractivity contribution in [2.75, 3.05) is 17.2 Å². The van der Waals surface area contributed by atoms with Gasteiger partial charge in [0.1, 0.15) is 0 Å². The first-order valence-corrected chi connectivity index (χ1v) is 12.0. The maximum atomic E-state index is 12.1. The van der Waals surface area contributed by atoms with E-state index in [1.54, 1.807) is 36.0 Å². The van der Waals surface area contributed by atoms with Crippen LogP contribution in [0.4, 0.5) is 11.4 Å². The fraction of sp³-hybridized carbons (Fsp3) is 0.160. The Morgan fingerprint density at radius 2 is 1.15 bits per heavy atom. The second-order valence-corrected chi connectivity index (χ2v) is 9.22. The highest BCUT2D eigenvalue weighted by atomic mass is 35.5. The Labute approximate surface area is 212 Å². The first kappa shape index (κ1) is 25.6. The minimum atomic E-state index is -0.539. The highest BCUT2D eigenvalue weighted by molar-refractivity contribution is 7.99. The van der Waals surface area contributed by atoms with E-state index in [9.17, 15) is 14.4 Å². The zero-order valence-electron chi connectivity index (χ0n) is 18.1. The lowest BCUT2D eigenvalue weighted by molar-refractivity contribution is -0.147. The monoisotopic (exact) mass is 516 g/mol. The first-order chi connectivity index (χ1) is 16.4.